The number of nitrogens with one attached hydrogen (secondary N) is 1. The van der Waals surface area contributed by atoms with Crippen LogP contribution in [-0.2, 0) is 13.0 Å². The average Bonchev–Trinajstić information content (AvgIpc) is 3.09. The SMILES string of the molecule is CCCCCCCCCCSC(=S)N1Cc2[nH]c3ccccc3c2C[C@H]1CO. The number of thioether (sulfide) groups is 1. The highest BCUT2D eigenvalue weighted by molar-refractivity contribution is 8.22. The molecule has 2 aromatic rings. The van der Waals surface area contributed by atoms with E-state index in [1.54, 1.807) is 11.8 Å². The van der Waals surface area contributed by atoms with Crippen molar-refractivity contribution in [2.75, 3.05) is 12.4 Å². The maximum atomic E-state index is 9.95. The molecule has 3 rings (SSSR count). The number of hydrogen-bond acceptors (Lipinski definition) is 3. The lowest BCUT2D eigenvalue weighted by Gasteiger charge is -2.36. The molecule has 0 aliphatic carbocycles. The number of rotatable bonds is 10. The van der Waals surface area contributed by atoms with Gasteiger partial charge in [0.15, 0.2) is 0 Å². The van der Waals surface area contributed by atoms with Crippen LogP contribution < -0.4 is 0 Å². The van der Waals surface area contributed by atoms with Crippen molar-refractivity contribution in [2.24, 2.45) is 0 Å². The van der Waals surface area contributed by atoms with Gasteiger partial charge >= 0.3 is 0 Å². The summed E-state index contributed by atoms with van der Waals surface area (Å²) in [6.45, 7) is 3.19. The third kappa shape index (κ3) is 5.52. The van der Waals surface area contributed by atoms with Gasteiger partial charge < -0.3 is 15.0 Å². The molecule has 0 spiro atoms. The second kappa shape index (κ2) is 11.2. The molecule has 0 saturated heterocycles. The van der Waals surface area contributed by atoms with Crippen molar-refractivity contribution >= 4 is 39.2 Å². The van der Waals surface area contributed by atoms with E-state index in [-0.39, 0.29) is 12.6 Å². The van der Waals surface area contributed by atoms with E-state index in [2.05, 4.69) is 41.1 Å². The molecule has 1 aliphatic heterocycles. The van der Waals surface area contributed by atoms with Gasteiger partial charge in [-0.15, -0.1) is 0 Å². The highest BCUT2D eigenvalue weighted by atomic mass is 32.2. The Kier molecular flexibility index (Phi) is 8.68. The summed E-state index contributed by atoms with van der Waals surface area (Å²) in [5.41, 5.74) is 3.78. The number of hydrogen-bond donors (Lipinski definition) is 2. The molecule has 0 unspecified atom stereocenters. The number of aliphatic hydroxyl groups excluding tert-OH is 1. The Morgan fingerprint density at radius 1 is 1.14 bits per heavy atom. The fourth-order valence-electron chi connectivity index (χ4n) is 4.12. The predicted molar refractivity (Wildman–Crippen MR) is 126 cm³/mol. The van der Waals surface area contributed by atoms with Crippen LogP contribution in [0.2, 0.25) is 0 Å². The van der Waals surface area contributed by atoms with Gasteiger partial charge in [-0.3, -0.25) is 0 Å². The summed E-state index contributed by atoms with van der Waals surface area (Å²) in [5, 5.41) is 11.2. The molecular formula is C23H34N2OS2. The van der Waals surface area contributed by atoms with Crippen LogP contribution in [0, 0.1) is 0 Å². The molecule has 1 aromatic carbocycles. The van der Waals surface area contributed by atoms with Crippen molar-refractivity contribution in [1.82, 2.24) is 9.88 Å². The fourth-order valence-corrected chi connectivity index (χ4v) is 5.49. The largest absolute Gasteiger partial charge is 0.394 e. The van der Waals surface area contributed by atoms with Crippen LogP contribution in [0.1, 0.15) is 69.5 Å². The van der Waals surface area contributed by atoms with Crippen molar-refractivity contribution in [2.45, 2.75) is 77.3 Å². The number of aliphatic hydroxyl groups is 1. The minimum absolute atomic E-state index is 0.0882. The zero-order valence-electron chi connectivity index (χ0n) is 17.1. The fraction of sp³-hybridized carbons (Fsp3) is 0.609. The molecule has 2 heterocycles. The van der Waals surface area contributed by atoms with Crippen LogP contribution in [0.5, 0.6) is 0 Å². The molecular weight excluding hydrogens is 384 g/mol. The maximum Gasteiger partial charge on any atom is 0.137 e. The van der Waals surface area contributed by atoms with Crippen LogP contribution >= 0.6 is 24.0 Å². The van der Waals surface area contributed by atoms with Crippen LogP contribution in [0.3, 0.4) is 0 Å². The lowest BCUT2D eigenvalue weighted by atomic mass is 9.98. The van der Waals surface area contributed by atoms with Crippen LogP contribution in [0.15, 0.2) is 24.3 Å². The summed E-state index contributed by atoms with van der Waals surface area (Å²) in [5.74, 6) is 1.09. The average molecular weight is 419 g/mol. The van der Waals surface area contributed by atoms with Gasteiger partial charge in [-0.1, -0.05) is 94.0 Å². The summed E-state index contributed by atoms with van der Waals surface area (Å²) in [7, 11) is 0. The van der Waals surface area contributed by atoms with Crippen molar-refractivity contribution in [3.63, 3.8) is 0 Å². The molecule has 0 fully saturated rings. The van der Waals surface area contributed by atoms with Crippen LogP contribution in [0.25, 0.3) is 10.9 Å². The van der Waals surface area contributed by atoms with Gasteiger partial charge in [-0.2, -0.15) is 0 Å². The molecule has 1 aliphatic rings. The van der Waals surface area contributed by atoms with Crippen molar-refractivity contribution in [1.29, 1.82) is 0 Å². The van der Waals surface area contributed by atoms with E-state index in [1.165, 1.54) is 73.5 Å². The first-order valence-corrected chi connectivity index (χ1v) is 12.3. The monoisotopic (exact) mass is 418 g/mol. The molecule has 0 amide bonds. The van der Waals surface area contributed by atoms with E-state index in [0.29, 0.717) is 0 Å². The number of unbranched alkanes of at least 4 members (excludes halogenated alkanes) is 7. The van der Waals surface area contributed by atoms with E-state index >= 15 is 0 Å². The van der Waals surface area contributed by atoms with Gasteiger partial charge in [0.05, 0.1) is 19.2 Å². The minimum atomic E-state index is 0.0882. The Morgan fingerprint density at radius 2 is 1.86 bits per heavy atom. The summed E-state index contributed by atoms with van der Waals surface area (Å²) in [6, 6.07) is 8.53. The van der Waals surface area contributed by atoms with E-state index in [0.717, 1.165) is 23.0 Å². The van der Waals surface area contributed by atoms with Crippen LogP contribution in [0.4, 0.5) is 0 Å². The molecule has 3 nitrogen and oxygen atoms in total. The summed E-state index contributed by atoms with van der Waals surface area (Å²) in [6.07, 6.45) is 11.6. The number of benzene rings is 1. The minimum Gasteiger partial charge on any atom is -0.394 e. The van der Waals surface area contributed by atoms with Crippen LogP contribution in [-0.4, -0.2) is 37.7 Å². The third-order valence-corrected chi connectivity index (χ3v) is 7.34. The maximum absolute atomic E-state index is 9.95. The van der Waals surface area contributed by atoms with E-state index in [1.807, 2.05) is 0 Å². The Labute approximate surface area is 179 Å². The zero-order chi connectivity index (χ0) is 19.8. The predicted octanol–water partition coefficient (Wildman–Crippen LogP) is 6.05. The lowest BCUT2D eigenvalue weighted by molar-refractivity contribution is 0.169. The van der Waals surface area contributed by atoms with Gasteiger partial charge in [-0.05, 0) is 24.5 Å². The number of H-pyrrole nitrogens is 1. The van der Waals surface area contributed by atoms with Crippen molar-refractivity contribution in [3.05, 3.63) is 35.5 Å². The van der Waals surface area contributed by atoms with E-state index < -0.39 is 0 Å². The molecule has 154 valence electrons. The van der Waals surface area contributed by atoms with E-state index in [4.69, 9.17) is 12.2 Å². The molecule has 0 radical (unpaired) electrons. The normalized spacial score (nSPS) is 16.5. The number of thiocarbonyl (C=S) groups is 1. The van der Waals surface area contributed by atoms with Gasteiger partial charge in [-0.25, -0.2) is 0 Å². The van der Waals surface area contributed by atoms with Gasteiger partial charge in [0.2, 0.25) is 0 Å². The standard InChI is InChI=1S/C23H34N2OS2/c1-2-3-4-5-6-7-8-11-14-28-23(27)25-16-22-20(15-18(25)17-26)19-12-9-10-13-21(19)24-22/h9-10,12-13,18,24,26H,2-8,11,14-17H2,1H3/t18-/m0/s1. The summed E-state index contributed by atoms with van der Waals surface area (Å²) in [4.78, 5) is 5.78. The smallest absolute Gasteiger partial charge is 0.137 e. The molecule has 0 bridgehead atoms. The number of nitrogens with zero attached hydrogens (tertiary/aromatic N) is 1. The molecule has 1 atom stereocenters. The quantitative estimate of drug-likeness (QED) is 0.364. The number of aromatic nitrogens is 1. The van der Waals surface area contributed by atoms with Gasteiger partial charge in [0.1, 0.15) is 4.32 Å². The Hall–Kier alpha value is -1.04. The number of fused-ring (bicyclic) bond motifs is 3. The zero-order valence-corrected chi connectivity index (χ0v) is 18.7. The molecule has 5 heteroatoms. The van der Waals surface area contributed by atoms with E-state index in [9.17, 15) is 5.11 Å². The second-order valence-corrected chi connectivity index (χ2v) is 9.61. The number of aromatic amines is 1. The molecule has 28 heavy (non-hydrogen) atoms. The molecule has 1 aromatic heterocycles. The molecule has 2 N–H and O–H groups in total. The topological polar surface area (TPSA) is 39.3 Å². The summed E-state index contributed by atoms with van der Waals surface area (Å²) < 4.78 is 0.936. The Bertz CT molecular complexity index is 758. The van der Waals surface area contributed by atoms with Crippen molar-refractivity contribution < 1.29 is 5.11 Å². The highest BCUT2D eigenvalue weighted by Gasteiger charge is 2.29. The first kappa shape index (κ1) is 21.7. The third-order valence-electron chi connectivity index (χ3n) is 5.78. The van der Waals surface area contributed by atoms with Gasteiger partial charge in [0, 0.05) is 22.3 Å². The Morgan fingerprint density at radius 3 is 2.61 bits per heavy atom. The second-order valence-electron chi connectivity index (χ2n) is 7.89. The first-order chi connectivity index (χ1) is 13.7. The lowest BCUT2D eigenvalue weighted by Crippen LogP contribution is -2.44. The molecule has 0 saturated carbocycles. The van der Waals surface area contributed by atoms with Gasteiger partial charge in [0.25, 0.3) is 0 Å². The summed E-state index contributed by atoms with van der Waals surface area (Å²) >= 11 is 7.53. The van der Waals surface area contributed by atoms with Crippen molar-refractivity contribution in [3.8, 4) is 0 Å². The first-order valence-electron chi connectivity index (χ1n) is 10.9. The highest BCUT2D eigenvalue weighted by Crippen LogP contribution is 2.32. The number of para-hydroxylation sites is 1. The Balaban J connectivity index is 1.46.